The number of fused-ring (bicyclic) bond motifs is 1. The lowest BCUT2D eigenvalue weighted by molar-refractivity contribution is 0.663. The molecule has 2 N–H and O–H groups in total. The van der Waals surface area contributed by atoms with E-state index in [1.165, 1.54) is 29.3 Å². The van der Waals surface area contributed by atoms with Crippen LogP contribution in [0.5, 0.6) is 0 Å². The smallest absolute Gasteiger partial charge is 0.0457 e. The minimum Gasteiger partial charge on any atom is -0.361 e. The lowest BCUT2D eigenvalue weighted by Gasteiger charge is -2.13. The highest BCUT2D eigenvalue weighted by atomic mass is 32.2. The van der Waals surface area contributed by atoms with Crippen LogP contribution >= 0.6 is 11.8 Å². The van der Waals surface area contributed by atoms with Crippen LogP contribution in [0.3, 0.4) is 0 Å². The molecule has 0 atom stereocenters. The van der Waals surface area contributed by atoms with Gasteiger partial charge in [-0.25, -0.2) is 0 Å². The zero-order valence-electron chi connectivity index (χ0n) is 10.1. The molecular weight excluding hydrogens is 228 g/mol. The van der Waals surface area contributed by atoms with Gasteiger partial charge in [-0.2, -0.15) is 11.8 Å². The summed E-state index contributed by atoms with van der Waals surface area (Å²) in [6.07, 6.45) is 6.96. The highest BCUT2D eigenvalue weighted by molar-refractivity contribution is 8.00. The summed E-state index contributed by atoms with van der Waals surface area (Å²) in [5.41, 5.74) is 2.59. The van der Waals surface area contributed by atoms with Gasteiger partial charge in [0.2, 0.25) is 0 Å². The highest BCUT2D eigenvalue weighted by Crippen LogP contribution is 2.46. The second-order valence-electron chi connectivity index (χ2n) is 4.89. The Kier molecular flexibility index (Phi) is 2.89. The van der Waals surface area contributed by atoms with Crippen LogP contribution in [0.1, 0.15) is 18.4 Å². The SMILES string of the molecule is CSC1(CNCc2ccc3cc[nH]c3c2)CC1. The summed E-state index contributed by atoms with van der Waals surface area (Å²) in [6, 6.07) is 8.74. The second-order valence-corrected chi connectivity index (χ2v) is 6.16. The van der Waals surface area contributed by atoms with E-state index in [9.17, 15) is 0 Å². The molecule has 1 aromatic carbocycles. The maximum Gasteiger partial charge on any atom is 0.0457 e. The number of hydrogen-bond donors (Lipinski definition) is 2. The minimum atomic E-state index is 0.552. The molecule has 1 saturated carbocycles. The Balaban J connectivity index is 1.60. The van der Waals surface area contributed by atoms with Gasteiger partial charge in [-0.15, -0.1) is 0 Å². The van der Waals surface area contributed by atoms with Gasteiger partial charge < -0.3 is 10.3 Å². The van der Waals surface area contributed by atoms with Crippen molar-refractivity contribution in [2.75, 3.05) is 12.8 Å². The Labute approximate surface area is 106 Å². The number of rotatable bonds is 5. The monoisotopic (exact) mass is 246 g/mol. The van der Waals surface area contributed by atoms with Crippen molar-refractivity contribution < 1.29 is 0 Å². The zero-order chi connectivity index (χ0) is 11.7. The molecule has 1 fully saturated rings. The number of benzene rings is 1. The van der Waals surface area contributed by atoms with Crippen molar-refractivity contribution in [1.29, 1.82) is 0 Å². The van der Waals surface area contributed by atoms with Crippen molar-refractivity contribution in [2.45, 2.75) is 24.1 Å². The predicted octanol–water partition coefficient (Wildman–Crippen LogP) is 3.15. The lowest BCUT2D eigenvalue weighted by atomic mass is 10.1. The van der Waals surface area contributed by atoms with Gasteiger partial charge in [0.1, 0.15) is 0 Å². The number of thioether (sulfide) groups is 1. The van der Waals surface area contributed by atoms with Gasteiger partial charge in [-0.3, -0.25) is 0 Å². The van der Waals surface area contributed by atoms with E-state index < -0.39 is 0 Å². The molecule has 1 aromatic heterocycles. The van der Waals surface area contributed by atoms with Gasteiger partial charge in [0.15, 0.2) is 0 Å². The van der Waals surface area contributed by atoms with Gasteiger partial charge in [0, 0.05) is 29.6 Å². The second kappa shape index (κ2) is 4.39. The standard InChI is InChI=1S/C14H18N2S/c1-17-14(5-6-14)10-15-9-11-2-3-12-4-7-16-13(12)8-11/h2-4,7-8,15-16H,5-6,9-10H2,1H3. The van der Waals surface area contributed by atoms with E-state index >= 15 is 0 Å². The Morgan fingerprint density at radius 2 is 2.24 bits per heavy atom. The molecule has 0 radical (unpaired) electrons. The lowest BCUT2D eigenvalue weighted by Crippen LogP contribution is -2.25. The van der Waals surface area contributed by atoms with Crippen molar-refractivity contribution in [1.82, 2.24) is 10.3 Å². The molecule has 0 saturated heterocycles. The summed E-state index contributed by atoms with van der Waals surface area (Å²) in [6.45, 7) is 2.11. The Hall–Kier alpha value is -0.930. The van der Waals surface area contributed by atoms with Crippen molar-refractivity contribution in [2.24, 2.45) is 0 Å². The zero-order valence-corrected chi connectivity index (χ0v) is 10.9. The molecule has 0 unspecified atom stereocenters. The fourth-order valence-electron chi connectivity index (χ4n) is 2.23. The van der Waals surface area contributed by atoms with Crippen LogP contribution < -0.4 is 5.32 Å². The molecule has 90 valence electrons. The average molecular weight is 246 g/mol. The predicted molar refractivity (Wildman–Crippen MR) is 75.5 cm³/mol. The van der Waals surface area contributed by atoms with Crippen LogP contribution in [0.2, 0.25) is 0 Å². The van der Waals surface area contributed by atoms with Crippen molar-refractivity contribution >= 4 is 22.7 Å². The molecule has 0 bridgehead atoms. The van der Waals surface area contributed by atoms with Crippen LogP contribution in [0.4, 0.5) is 0 Å². The van der Waals surface area contributed by atoms with Gasteiger partial charge in [-0.1, -0.05) is 12.1 Å². The fourth-order valence-corrected chi connectivity index (χ4v) is 2.99. The largest absolute Gasteiger partial charge is 0.361 e. The van der Waals surface area contributed by atoms with E-state index in [1.807, 2.05) is 18.0 Å². The number of aromatic amines is 1. The maximum absolute atomic E-state index is 3.58. The van der Waals surface area contributed by atoms with Crippen molar-refractivity contribution in [3.05, 3.63) is 36.0 Å². The molecule has 0 aliphatic heterocycles. The van der Waals surface area contributed by atoms with Crippen molar-refractivity contribution in [3.8, 4) is 0 Å². The van der Waals surface area contributed by atoms with Crippen LogP contribution in [0.25, 0.3) is 10.9 Å². The summed E-state index contributed by atoms with van der Waals surface area (Å²) in [5, 5.41) is 4.87. The van der Waals surface area contributed by atoms with E-state index in [1.54, 1.807) is 0 Å². The van der Waals surface area contributed by atoms with E-state index in [2.05, 4.69) is 40.8 Å². The number of nitrogens with one attached hydrogen (secondary N) is 2. The highest BCUT2D eigenvalue weighted by Gasteiger charge is 2.41. The molecule has 1 heterocycles. The van der Waals surface area contributed by atoms with Crippen LogP contribution in [0.15, 0.2) is 30.5 Å². The fraction of sp³-hybridized carbons (Fsp3) is 0.429. The van der Waals surface area contributed by atoms with Gasteiger partial charge in [0.05, 0.1) is 0 Å². The third kappa shape index (κ3) is 2.35. The van der Waals surface area contributed by atoms with E-state index in [-0.39, 0.29) is 0 Å². The Morgan fingerprint density at radius 1 is 1.35 bits per heavy atom. The number of hydrogen-bond acceptors (Lipinski definition) is 2. The summed E-state index contributed by atoms with van der Waals surface area (Å²) in [5.74, 6) is 0. The van der Waals surface area contributed by atoms with Crippen molar-refractivity contribution in [3.63, 3.8) is 0 Å². The first-order valence-electron chi connectivity index (χ1n) is 6.13. The quantitative estimate of drug-likeness (QED) is 0.848. The third-order valence-electron chi connectivity index (χ3n) is 3.64. The molecule has 0 spiro atoms. The molecule has 1 aliphatic carbocycles. The molecule has 3 rings (SSSR count). The average Bonchev–Trinajstić information content (AvgIpc) is 2.98. The number of aromatic nitrogens is 1. The van der Waals surface area contributed by atoms with Gasteiger partial charge in [0.25, 0.3) is 0 Å². The Bertz CT molecular complexity index is 514. The van der Waals surface area contributed by atoms with Gasteiger partial charge in [-0.05, 0) is 42.2 Å². The number of H-pyrrole nitrogens is 1. The summed E-state index contributed by atoms with van der Waals surface area (Å²) in [4.78, 5) is 3.26. The topological polar surface area (TPSA) is 27.8 Å². The first kappa shape index (κ1) is 11.2. The summed E-state index contributed by atoms with van der Waals surface area (Å²) in [7, 11) is 0. The van der Waals surface area contributed by atoms with Crippen LogP contribution in [-0.4, -0.2) is 22.5 Å². The Morgan fingerprint density at radius 3 is 3.00 bits per heavy atom. The van der Waals surface area contributed by atoms with E-state index in [4.69, 9.17) is 0 Å². The third-order valence-corrected chi connectivity index (χ3v) is 5.06. The molecule has 1 aliphatic rings. The van der Waals surface area contributed by atoms with E-state index in [0.717, 1.165) is 13.1 Å². The van der Waals surface area contributed by atoms with E-state index in [0.29, 0.717) is 4.75 Å². The molecule has 2 aromatic rings. The van der Waals surface area contributed by atoms with Gasteiger partial charge >= 0.3 is 0 Å². The molecule has 3 heteroatoms. The van der Waals surface area contributed by atoms with Crippen LogP contribution in [-0.2, 0) is 6.54 Å². The molecular formula is C14H18N2S. The first-order valence-corrected chi connectivity index (χ1v) is 7.36. The summed E-state index contributed by atoms with van der Waals surface area (Å²) >= 11 is 2.01. The normalized spacial score (nSPS) is 17.5. The molecule has 2 nitrogen and oxygen atoms in total. The molecule has 17 heavy (non-hydrogen) atoms. The maximum atomic E-state index is 3.58. The minimum absolute atomic E-state index is 0.552. The first-order chi connectivity index (χ1) is 8.31. The summed E-state index contributed by atoms with van der Waals surface area (Å²) < 4.78 is 0.552. The van der Waals surface area contributed by atoms with Crippen LogP contribution in [0, 0.1) is 0 Å². The molecule has 0 amide bonds.